The molecule has 5 heteroatoms. The third-order valence-corrected chi connectivity index (χ3v) is 6.81. The molecule has 25 heavy (non-hydrogen) atoms. The fourth-order valence-electron chi connectivity index (χ4n) is 5.25. The number of cyclic esters (lactones) is 1. The van der Waals surface area contributed by atoms with Crippen molar-refractivity contribution in [2.45, 2.75) is 51.9 Å². The zero-order chi connectivity index (χ0) is 18.4. The highest BCUT2D eigenvalue weighted by Gasteiger charge is 2.57. The van der Waals surface area contributed by atoms with Gasteiger partial charge in [-0.3, -0.25) is 0 Å². The third-order valence-electron chi connectivity index (χ3n) is 6.81. The Kier molecular flexibility index (Phi) is 4.69. The molecule has 0 bridgehead atoms. The molecule has 0 amide bonds. The molecule has 2 aliphatic carbocycles. The quantitative estimate of drug-likeness (QED) is 0.537. The van der Waals surface area contributed by atoms with Gasteiger partial charge in [0.1, 0.15) is 0 Å². The minimum absolute atomic E-state index is 0.0407. The van der Waals surface area contributed by atoms with E-state index in [-0.39, 0.29) is 23.9 Å². The van der Waals surface area contributed by atoms with Gasteiger partial charge in [0.25, 0.3) is 0 Å². The molecule has 3 N–H and O–H groups in total. The first-order chi connectivity index (χ1) is 11.7. The normalized spacial score (nSPS) is 44.6. The van der Waals surface area contributed by atoms with Gasteiger partial charge in [-0.25, -0.2) is 4.79 Å². The second-order valence-electron chi connectivity index (χ2n) is 8.23. The van der Waals surface area contributed by atoms with Crippen LogP contribution < -0.4 is 0 Å². The van der Waals surface area contributed by atoms with Crippen molar-refractivity contribution >= 4 is 5.97 Å². The second kappa shape index (κ2) is 6.38. The number of esters is 1. The molecular formula is C20H28O5. The molecule has 3 aliphatic rings. The predicted octanol–water partition coefficient (Wildman–Crippen LogP) is 2.09. The molecule has 0 aromatic rings. The minimum atomic E-state index is -1.17. The standard InChI is InChI=1S/C20H28O5/c1-12-4-7-15-19(2,9-8-16(22)20(15,3)11-21)14(12)6-5-13-10-17(23)25-18(13)24/h5-6,10,14-17,21-23H,1,4,7-9,11H2,2-3H3/b6-5+/t14-,15?,16-,17?,19+,20+/m1/s1. The largest absolute Gasteiger partial charge is 0.429 e. The van der Waals surface area contributed by atoms with Gasteiger partial charge < -0.3 is 20.1 Å². The van der Waals surface area contributed by atoms with Crippen molar-refractivity contribution in [3.8, 4) is 0 Å². The number of fused-ring (bicyclic) bond motifs is 1. The van der Waals surface area contributed by atoms with E-state index >= 15 is 0 Å². The lowest BCUT2D eigenvalue weighted by Gasteiger charge is -2.59. The average Bonchev–Trinajstić information content (AvgIpc) is 2.88. The fourth-order valence-corrected chi connectivity index (χ4v) is 5.25. The Bertz CT molecular complexity index is 636. The van der Waals surface area contributed by atoms with Crippen molar-refractivity contribution in [1.82, 2.24) is 0 Å². The first-order valence-corrected chi connectivity index (χ1v) is 8.98. The number of carbonyl (C=O) groups excluding carboxylic acids is 1. The van der Waals surface area contributed by atoms with Crippen LogP contribution in [0.4, 0.5) is 0 Å². The summed E-state index contributed by atoms with van der Waals surface area (Å²) < 4.78 is 4.72. The van der Waals surface area contributed by atoms with Crippen molar-refractivity contribution in [2.24, 2.45) is 22.7 Å². The van der Waals surface area contributed by atoms with Gasteiger partial charge in [0, 0.05) is 11.3 Å². The van der Waals surface area contributed by atoms with Crippen LogP contribution in [0.25, 0.3) is 0 Å². The zero-order valence-electron chi connectivity index (χ0n) is 14.9. The van der Waals surface area contributed by atoms with E-state index in [1.54, 1.807) is 6.08 Å². The van der Waals surface area contributed by atoms with Crippen LogP contribution in [0.1, 0.15) is 39.5 Å². The molecule has 2 fully saturated rings. The lowest BCUT2D eigenvalue weighted by atomic mass is 9.46. The van der Waals surface area contributed by atoms with Crippen LogP contribution in [0, 0.1) is 22.7 Å². The molecule has 0 saturated heterocycles. The van der Waals surface area contributed by atoms with E-state index in [1.807, 2.05) is 13.0 Å². The molecule has 5 nitrogen and oxygen atoms in total. The lowest BCUT2D eigenvalue weighted by molar-refractivity contribution is -0.150. The summed E-state index contributed by atoms with van der Waals surface area (Å²) >= 11 is 0. The maximum absolute atomic E-state index is 11.7. The molecule has 1 heterocycles. The zero-order valence-corrected chi connectivity index (χ0v) is 14.9. The van der Waals surface area contributed by atoms with Crippen molar-refractivity contribution in [3.05, 3.63) is 36.0 Å². The topological polar surface area (TPSA) is 87.0 Å². The third kappa shape index (κ3) is 2.88. The Balaban J connectivity index is 1.92. The summed E-state index contributed by atoms with van der Waals surface area (Å²) in [4.78, 5) is 11.7. The summed E-state index contributed by atoms with van der Waals surface area (Å²) in [5.41, 5.74) is 0.803. The van der Waals surface area contributed by atoms with Crippen LogP contribution in [0.15, 0.2) is 36.0 Å². The van der Waals surface area contributed by atoms with Crippen LogP contribution in [0.5, 0.6) is 0 Å². The summed E-state index contributed by atoms with van der Waals surface area (Å²) in [6, 6.07) is 0. The number of hydrogen-bond acceptors (Lipinski definition) is 5. The van der Waals surface area contributed by atoms with Crippen LogP contribution in [0.3, 0.4) is 0 Å². The van der Waals surface area contributed by atoms with E-state index < -0.39 is 23.8 Å². The van der Waals surface area contributed by atoms with Crippen molar-refractivity contribution < 1.29 is 24.9 Å². The maximum atomic E-state index is 11.7. The molecule has 6 atom stereocenters. The Hall–Kier alpha value is -1.43. The van der Waals surface area contributed by atoms with Gasteiger partial charge in [-0.15, -0.1) is 0 Å². The van der Waals surface area contributed by atoms with Gasteiger partial charge in [0.05, 0.1) is 18.3 Å². The molecule has 2 saturated carbocycles. The first-order valence-electron chi connectivity index (χ1n) is 8.98. The summed E-state index contributed by atoms with van der Waals surface area (Å²) in [6.45, 7) is 8.38. The molecule has 1 aliphatic heterocycles. The van der Waals surface area contributed by atoms with E-state index in [1.165, 1.54) is 6.08 Å². The van der Waals surface area contributed by atoms with Crippen molar-refractivity contribution in [3.63, 3.8) is 0 Å². The Morgan fingerprint density at radius 1 is 1.36 bits per heavy atom. The predicted molar refractivity (Wildman–Crippen MR) is 93.2 cm³/mol. The number of allylic oxidation sites excluding steroid dienone is 2. The molecule has 2 unspecified atom stereocenters. The van der Waals surface area contributed by atoms with Gasteiger partial charge in [-0.05, 0) is 43.1 Å². The summed E-state index contributed by atoms with van der Waals surface area (Å²) in [5, 5.41) is 29.9. The van der Waals surface area contributed by atoms with E-state index in [4.69, 9.17) is 4.74 Å². The van der Waals surface area contributed by atoms with Gasteiger partial charge in [0.15, 0.2) is 0 Å². The lowest BCUT2D eigenvalue weighted by Crippen LogP contribution is -2.57. The monoisotopic (exact) mass is 348 g/mol. The van der Waals surface area contributed by atoms with E-state index in [0.717, 1.165) is 24.8 Å². The minimum Gasteiger partial charge on any atom is -0.429 e. The van der Waals surface area contributed by atoms with Crippen LogP contribution in [0.2, 0.25) is 0 Å². The summed E-state index contributed by atoms with van der Waals surface area (Å²) in [6.07, 6.45) is 6.63. The van der Waals surface area contributed by atoms with Gasteiger partial charge >= 0.3 is 5.97 Å². The summed E-state index contributed by atoms with van der Waals surface area (Å²) in [5.74, 6) is -0.300. The Labute approximate surface area is 148 Å². The Morgan fingerprint density at radius 3 is 2.68 bits per heavy atom. The fraction of sp³-hybridized carbons (Fsp3) is 0.650. The maximum Gasteiger partial charge on any atom is 0.340 e. The molecule has 0 aromatic heterocycles. The molecule has 0 radical (unpaired) electrons. The van der Waals surface area contributed by atoms with E-state index in [9.17, 15) is 20.1 Å². The number of aliphatic hydroxyl groups excluding tert-OH is 3. The molecule has 0 aromatic carbocycles. The van der Waals surface area contributed by atoms with E-state index in [0.29, 0.717) is 12.0 Å². The van der Waals surface area contributed by atoms with E-state index in [2.05, 4.69) is 13.5 Å². The van der Waals surface area contributed by atoms with Gasteiger partial charge in [0.2, 0.25) is 6.29 Å². The van der Waals surface area contributed by atoms with Crippen LogP contribution in [-0.4, -0.2) is 40.3 Å². The molecular weight excluding hydrogens is 320 g/mol. The average molecular weight is 348 g/mol. The first kappa shape index (κ1) is 18.4. The number of rotatable bonds is 3. The molecule has 138 valence electrons. The smallest absolute Gasteiger partial charge is 0.340 e. The van der Waals surface area contributed by atoms with Crippen molar-refractivity contribution in [1.29, 1.82) is 0 Å². The summed E-state index contributed by atoms with van der Waals surface area (Å²) in [7, 11) is 0. The van der Waals surface area contributed by atoms with Crippen LogP contribution in [-0.2, 0) is 9.53 Å². The molecule has 3 rings (SSSR count). The Morgan fingerprint density at radius 2 is 2.08 bits per heavy atom. The van der Waals surface area contributed by atoms with Gasteiger partial charge in [-0.1, -0.05) is 38.2 Å². The SMILES string of the molecule is C=C1CCC2[C@](C)(CO)[C@H](O)CC[C@@]2(C)[C@@H]1/C=C/C1=CC(O)OC1=O. The number of aliphatic hydroxyl groups is 3. The molecule has 0 spiro atoms. The highest BCUT2D eigenvalue weighted by molar-refractivity contribution is 5.93. The second-order valence-corrected chi connectivity index (χ2v) is 8.23. The number of hydrogen-bond donors (Lipinski definition) is 3. The van der Waals surface area contributed by atoms with Crippen molar-refractivity contribution in [2.75, 3.05) is 6.61 Å². The number of ether oxygens (including phenoxy) is 1. The van der Waals surface area contributed by atoms with Crippen LogP contribution >= 0.6 is 0 Å². The highest BCUT2D eigenvalue weighted by atomic mass is 16.6. The highest BCUT2D eigenvalue weighted by Crippen LogP contribution is 2.61. The van der Waals surface area contributed by atoms with Gasteiger partial charge in [-0.2, -0.15) is 0 Å². The number of carbonyl (C=O) groups is 1.